The quantitative estimate of drug-likeness (QED) is 0.881. The van der Waals surface area contributed by atoms with E-state index in [1.165, 1.54) is 14.4 Å². The monoisotopic (exact) mass is 318 g/mol. The lowest BCUT2D eigenvalue weighted by Crippen LogP contribution is -2.23. The summed E-state index contributed by atoms with van der Waals surface area (Å²) in [4.78, 5) is 26.1. The molecule has 0 saturated heterocycles. The lowest BCUT2D eigenvalue weighted by Gasteiger charge is -2.01. The van der Waals surface area contributed by atoms with Crippen molar-refractivity contribution in [1.82, 2.24) is 15.1 Å². The molecule has 2 N–H and O–H groups in total. The van der Waals surface area contributed by atoms with Crippen molar-refractivity contribution in [2.75, 3.05) is 12.4 Å². The van der Waals surface area contributed by atoms with E-state index in [0.717, 1.165) is 6.42 Å². The number of aryl methyl sites for hydroxylation is 1. The molecule has 1 fully saturated rings. The minimum absolute atomic E-state index is 0.0237. The number of likely N-dealkylation sites (N-methyl/N-ethyl adjacent to an activating group) is 1. The van der Waals surface area contributed by atoms with Crippen LogP contribution in [0.15, 0.2) is 24.5 Å². The Bertz CT molecular complexity index is 706. The number of aromatic nitrogens is 2. The van der Waals surface area contributed by atoms with Crippen LogP contribution < -0.4 is 10.6 Å². The fourth-order valence-corrected chi connectivity index (χ4v) is 3.48. The summed E-state index contributed by atoms with van der Waals surface area (Å²) < 4.78 is 1.50. The molecule has 0 bridgehead atoms. The second-order valence-electron chi connectivity index (χ2n) is 5.49. The van der Waals surface area contributed by atoms with Crippen molar-refractivity contribution >= 4 is 28.8 Å². The van der Waals surface area contributed by atoms with Crippen molar-refractivity contribution in [3.8, 4) is 0 Å². The number of rotatable bonds is 5. The van der Waals surface area contributed by atoms with E-state index in [4.69, 9.17) is 0 Å². The second kappa shape index (κ2) is 5.92. The van der Waals surface area contributed by atoms with Gasteiger partial charge in [0.2, 0.25) is 11.8 Å². The molecule has 3 rings (SSSR count). The smallest absolute Gasteiger partial charge is 0.241 e. The normalized spacial score (nSPS) is 19.7. The standard InChI is InChI=1S/C15H18N4O2S/c1-9-3-4-13(22-9)11-5-12(11)15(21)18-10-6-17-19(7-10)8-14(20)16-2/h3-4,6-7,11-12H,5,8H2,1-2H3,(H,16,20)(H,18,21). The van der Waals surface area contributed by atoms with Crippen molar-refractivity contribution < 1.29 is 9.59 Å². The number of hydrogen-bond donors (Lipinski definition) is 2. The average molecular weight is 318 g/mol. The topological polar surface area (TPSA) is 76.0 Å². The molecule has 2 heterocycles. The van der Waals surface area contributed by atoms with Gasteiger partial charge >= 0.3 is 0 Å². The number of nitrogens with zero attached hydrogens (tertiary/aromatic N) is 2. The van der Waals surface area contributed by atoms with Crippen LogP contribution in [0.25, 0.3) is 0 Å². The van der Waals surface area contributed by atoms with Crippen molar-refractivity contribution in [3.05, 3.63) is 34.3 Å². The maximum atomic E-state index is 12.2. The Balaban J connectivity index is 1.56. The zero-order chi connectivity index (χ0) is 15.7. The SMILES string of the molecule is CNC(=O)Cn1cc(NC(=O)C2CC2c2ccc(C)s2)cn1. The van der Waals surface area contributed by atoms with Gasteiger partial charge in [-0.05, 0) is 25.5 Å². The van der Waals surface area contributed by atoms with Crippen molar-refractivity contribution in [2.45, 2.75) is 25.8 Å². The molecule has 0 aromatic carbocycles. The Kier molecular flexibility index (Phi) is 3.98. The van der Waals surface area contributed by atoms with Gasteiger partial charge in [0.05, 0.1) is 11.9 Å². The molecule has 116 valence electrons. The van der Waals surface area contributed by atoms with Gasteiger partial charge in [-0.1, -0.05) is 0 Å². The fraction of sp³-hybridized carbons (Fsp3) is 0.400. The summed E-state index contributed by atoms with van der Waals surface area (Å²) in [6.45, 7) is 2.22. The Hall–Kier alpha value is -2.15. The van der Waals surface area contributed by atoms with E-state index in [2.05, 4.69) is 34.8 Å². The van der Waals surface area contributed by atoms with E-state index >= 15 is 0 Å². The number of carbonyl (C=O) groups is 2. The van der Waals surface area contributed by atoms with Crippen molar-refractivity contribution in [2.24, 2.45) is 5.92 Å². The summed E-state index contributed by atoms with van der Waals surface area (Å²) in [6, 6.07) is 4.20. The van der Waals surface area contributed by atoms with Crippen LogP contribution in [0.3, 0.4) is 0 Å². The molecule has 2 amide bonds. The van der Waals surface area contributed by atoms with E-state index in [9.17, 15) is 9.59 Å². The number of hydrogen-bond acceptors (Lipinski definition) is 4. The summed E-state index contributed by atoms with van der Waals surface area (Å²) in [5.74, 6) is 0.284. The van der Waals surface area contributed by atoms with Crippen LogP contribution in [0.5, 0.6) is 0 Å². The Morgan fingerprint density at radius 2 is 2.27 bits per heavy atom. The molecule has 1 aliphatic carbocycles. The highest BCUT2D eigenvalue weighted by Crippen LogP contribution is 2.50. The number of thiophene rings is 1. The number of nitrogens with one attached hydrogen (secondary N) is 2. The molecular weight excluding hydrogens is 300 g/mol. The maximum Gasteiger partial charge on any atom is 0.241 e. The van der Waals surface area contributed by atoms with Gasteiger partial charge < -0.3 is 10.6 Å². The summed E-state index contributed by atoms with van der Waals surface area (Å²) in [6.07, 6.45) is 4.13. The summed E-state index contributed by atoms with van der Waals surface area (Å²) >= 11 is 1.76. The molecule has 0 aliphatic heterocycles. The van der Waals surface area contributed by atoms with Crippen LogP contribution >= 0.6 is 11.3 Å². The van der Waals surface area contributed by atoms with Crippen LogP contribution in [0, 0.1) is 12.8 Å². The van der Waals surface area contributed by atoms with Gasteiger partial charge in [-0.3, -0.25) is 14.3 Å². The van der Waals surface area contributed by atoms with E-state index in [1.807, 2.05) is 0 Å². The number of amides is 2. The fourth-order valence-electron chi connectivity index (χ4n) is 2.43. The lowest BCUT2D eigenvalue weighted by molar-refractivity contribution is -0.121. The predicted octanol–water partition coefficient (Wildman–Crippen LogP) is 1.74. The molecule has 7 heteroatoms. The third-order valence-corrected chi connectivity index (χ3v) is 4.87. The molecule has 0 spiro atoms. The number of anilines is 1. The van der Waals surface area contributed by atoms with Gasteiger partial charge in [0.1, 0.15) is 6.54 Å². The number of carbonyl (C=O) groups excluding carboxylic acids is 2. The van der Waals surface area contributed by atoms with Crippen LogP contribution in [-0.4, -0.2) is 28.6 Å². The molecule has 2 aromatic rings. The lowest BCUT2D eigenvalue weighted by atomic mass is 10.2. The highest BCUT2D eigenvalue weighted by Gasteiger charge is 2.44. The third-order valence-electron chi connectivity index (χ3n) is 3.74. The molecule has 2 atom stereocenters. The molecule has 2 unspecified atom stereocenters. The second-order valence-corrected chi connectivity index (χ2v) is 6.81. The largest absolute Gasteiger partial charge is 0.358 e. The Morgan fingerprint density at radius 1 is 1.45 bits per heavy atom. The molecular formula is C15H18N4O2S. The van der Waals surface area contributed by atoms with Gasteiger partial charge in [0.15, 0.2) is 0 Å². The minimum Gasteiger partial charge on any atom is -0.358 e. The molecule has 2 aromatic heterocycles. The van der Waals surface area contributed by atoms with Gasteiger partial charge in [-0.25, -0.2) is 0 Å². The van der Waals surface area contributed by atoms with E-state index in [0.29, 0.717) is 11.6 Å². The first-order valence-corrected chi connectivity index (χ1v) is 7.98. The maximum absolute atomic E-state index is 12.2. The van der Waals surface area contributed by atoms with E-state index in [1.54, 1.807) is 30.8 Å². The molecule has 1 saturated carbocycles. The minimum atomic E-state index is -0.128. The molecule has 0 radical (unpaired) electrons. The third kappa shape index (κ3) is 3.19. The van der Waals surface area contributed by atoms with Crippen molar-refractivity contribution in [1.29, 1.82) is 0 Å². The Labute approximate surface area is 132 Å². The first-order chi connectivity index (χ1) is 10.6. The summed E-state index contributed by atoms with van der Waals surface area (Å²) in [5, 5.41) is 9.47. The predicted molar refractivity (Wildman–Crippen MR) is 84.8 cm³/mol. The van der Waals surface area contributed by atoms with E-state index < -0.39 is 0 Å². The molecule has 1 aliphatic rings. The van der Waals surface area contributed by atoms with Gasteiger partial charge in [0, 0.05) is 34.8 Å². The molecule has 6 nitrogen and oxygen atoms in total. The highest BCUT2D eigenvalue weighted by atomic mass is 32.1. The first kappa shape index (κ1) is 14.8. The summed E-state index contributed by atoms with van der Waals surface area (Å²) in [7, 11) is 1.58. The zero-order valence-electron chi connectivity index (χ0n) is 12.5. The van der Waals surface area contributed by atoms with Crippen molar-refractivity contribution in [3.63, 3.8) is 0 Å². The van der Waals surface area contributed by atoms with Crippen LogP contribution in [0.4, 0.5) is 5.69 Å². The van der Waals surface area contributed by atoms with Crippen LogP contribution in [-0.2, 0) is 16.1 Å². The zero-order valence-corrected chi connectivity index (χ0v) is 13.3. The average Bonchev–Trinajstić information content (AvgIpc) is 3.00. The Morgan fingerprint density at radius 3 is 2.95 bits per heavy atom. The first-order valence-electron chi connectivity index (χ1n) is 7.17. The highest BCUT2D eigenvalue weighted by molar-refractivity contribution is 7.12. The van der Waals surface area contributed by atoms with Gasteiger partial charge in [-0.15, -0.1) is 11.3 Å². The van der Waals surface area contributed by atoms with E-state index in [-0.39, 0.29) is 24.3 Å². The summed E-state index contributed by atoms with van der Waals surface area (Å²) in [5.41, 5.74) is 0.627. The van der Waals surface area contributed by atoms with Crippen LogP contribution in [0.1, 0.15) is 22.1 Å². The van der Waals surface area contributed by atoms with Gasteiger partial charge in [-0.2, -0.15) is 5.10 Å². The van der Waals surface area contributed by atoms with Gasteiger partial charge in [0.25, 0.3) is 0 Å². The molecule has 22 heavy (non-hydrogen) atoms. The van der Waals surface area contributed by atoms with Crippen LogP contribution in [0.2, 0.25) is 0 Å².